The molecule has 210 valence electrons. The van der Waals surface area contributed by atoms with E-state index >= 15 is 0 Å². The van der Waals surface area contributed by atoms with E-state index in [9.17, 15) is 9.59 Å². The highest BCUT2D eigenvalue weighted by Gasteiger charge is 2.41. The number of esters is 2. The van der Waals surface area contributed by atoms with Crippen molar-refractivity contribution in [2.24, 2.45) is 0 Å². The van der Waals surface area contributed by atoms with Crippen molar-refractivity contribution >= 4 is 153 Å². The van der Waals surface area contributed by atoms with Crippen LogP contribution >= 0.6 is 141 Å². The predicted octanol–water partition coefficient (Wildman–Crippen LogP) is 11.1. The zero-order chi connectivity index (χ0) is 27.4. The fraction of sp³-hybridized carbons (Fsp3) is 0.333. The second-order valence-corrected chi connectivity index (χ2v) is 22.8. The zero-order valence-electron chi connectivity index (χ0n) is 20.8. The van der Waals surface area contributed by atoms with Crippen molar-refractivity contribution in [2.75, 3.05) is 23.0 Å². The fourth-order valence-electron chi connectivity index (χ4n) is 3.73. The molecule has 1 aromatic carbocycles. The van der Waals surface area contributed by atoms with Crippen LogP contribution in [0.15, 0.2) is 53.5 Å². The molecule has 16 heteroatoms. The molecule has 7 rings (SSSR count). The Morgan fingerprint density at radius 1 is 0.475 bits per heavy atom. The molecular formula is C24H18O4S12. The summed E-state index contributed by atoms with van der Waals surface area (Å²) in [5, 5.41) is 0. The van der Waals surface area contributed by atoms with Crippen LogP contribution in [0.4, 0.5) is 0 Å². The molecule has 6 aliphatic rings. The van der Waals surface area contributed by atoms with Gasteiger partial charge in [-0.15, -0.1) is 47.0 Å². The Kier molecular flexibility index (Phi) is 9.73. The van der Waals surface area contributed by atoms with Crippen LogP contribution in [-0.2, 0) is 9.59 Å². The van der Waals surface area contributed by atoms with E-state index in [-0.39, 0.29) is 11.9 Å². The van der Waals surface area contributed by atoms with Gasteiger partial charge in [-0.3, -0.25) is 9.59 Å². The molecule has 0 unspecified atom stereocenters. The average molecular weight is 755 g/mol. The van der Waals surface area contributed by atoms with Crippen molar-refractivity contribution in [3.8, 4) is 11.5 Å². The zero-order valence-corrected chi connectivity index (χ0v) is 30.6. The van der Waals surface area contributed by atoms with Gasteiger partial charge in [0.1, 0.15) is 0 Å². The minimum Gasteiger partial charge on any atom is -0.424 e. The van der Waals surface area contributed by atoms with E-state index in [1.54, 1.807) is 47.0 Å². The third-order valence-electron chi connectivity index (χ3n) is 5.53. The molecular weight excluding hydrogens is 737 g/mol. The van der Waals surface area contributed by atoms with Crippen LogP contribution in [0, 0.1) is 0 Å². The van der Waals surface area contributed by atoms with E-state index in [0.717, 1.165) is 51.1 Å². The van der Waals surface area contributed by atoms with E-state index in [2.05, 4.69) is 0 Å². The fourth-order valence-corrected chi connectivity index (χ4v) is 21.7. The number of fused-ring (bicyclic) bond motifs is 2. The van der Waals surface area contributed by atoms with E-state index in [1.807, 2.05) is 108 Å². The van der Waals surface area contributed by atoms with Crippen molar-refractivity contribution in [1.29, 1.82) is 0 Å². The number of ether oxygens (including phenoxy) is 2. The summed E-state index contributed by atoms with van der Waals surface area (Å²) >= 11 is 21.7. The van der Waals surface area contributed by atoms with Crippen molar-refractivity contribution in [3.63, 3.8) is 0 Å². The molecule has 0 atom stereocenters. The van der Waals surface area contributed by atoms with Gasteiger partial charge in [-0.05, 0) is 0 Å². The molecule has 6 heterocycles. The molecule has 0 aromatic heterocycles. The highest BCUT2D eigenvalue weighted by molar-refractivity contribution is 8.43. The number of hydrogen-bond donors (Lipinski definition) is 0. The quantitative estimate of drug-likeness (QED) is 0.216. The first-order chi connectivity index (χ1) is 19.5. The second-order valence-electron chi connectivity index (χ2n) is 8.14. The maximum absolute atomic E-state index is 12.7. The summed E-state index contributed by atoms with van der Waals surface area (Å²) < 4.78 is 22.6. The highest BCUT2D eigenvalue weighted by atomic mass is 32.3. The lowest BCUT2D eigenvalue weighted by atomic mass is 10.3. The first kappa shape index (κ1) is 30.0. The van der Waals surface area contributed by atoms with Crippen molar-refractivity contribution in [1.82, 2.24) is 0 Å². The molecule has 0 spiro atoms. The van der Waals surface area contributed by atoms with Gasteiger partial charge in [-0.1, -0.05) is 108 Å². The Labute approximate surface area is 283 Å². The minimum atomic E-state index is -0.259. The summed E-state index contributed by atoms with van der Waals surface area (Å²) in [5.74, 6) is 5.26. The van der Waals surface area contributed by atoms with Gasteiger partial charge in [0, 0.05) is 35.9 Å². The summed E-state index contributed by atoms with van der Waals surface area (Å²) in [4.78, 5) is 28.9. The van der Waals surface area contributed by atoms with Crippen LogP contribution in [0.3, 0.4) is 0 Å². The normalized spacial score (nSPS) is 21.6. The van der Waals surface area contributed by atoms with Crippen molar-refractivity contribution < 1.29 is 19.1 Å². The molecule has 6 aliphatic heterocycles. The van der Waals surface area contributed by atoms with Crippen LogP contribution in [0.25, 0.3) is 0 Å². The van der Waals surface area contributed by atoms with Gasteiger partial charge in [0.25, 0.3) is 0 Å². The number of hydrogen-bond acceptors (Lipinski definition) is 16. The van der Waals surface area contributed by atoms with Gasteiger partial charge in [-0.2, -0.15) is 0 Å². The van der Waals surface area contributed by atoms with E-state index in [1.165, 1.54) is 25.4 Å². The van der Waals surface area contributed by atoms with Crippen LogP contribution < -0.4 is 9.47 Å². The summed E-state index contributed by atoms with van der Waals surface area (Å²) in [7, 11) is 0. The number of rotatable bonds is 4. The number of benzene rings is 1. The summed E-state index contributed by atoms with van der Waals surface area (Å²) in [6, 6.07) is 0. The van der Waals surface area contributed by atoms with E-state index in [4.69, 9.17) is 9.47 Å². The third-order valence-corrected chi connectivity index (χ3v) is 23.3. The van der Waals surface area contributed by atoms with Crippen molar-refractivity contribution in [3.05, 3.63) is 33.9 Å². The first-order valence-corrected chi connectivity index (χ1v) is 22.6. The van der Waals surface area contributed by atoms with Crippen LogP contribution in [0.1, 0.15) is 26.7 Å². The summed E-state index contributed by atoms with van der Waals surface area (Å²) in [6.07, 6.45) is 0.586. The van der Waals surface area contributed by atoms with Crippen molar-refractivity contribution in [2.45, 2.75) is 46.3 Å². The SMILES string of the molecule is CCC(=O)Oc1c2c(c(OC(=O)CC)c3c1SC(=C1SC4=C(SCCS4)S1)S3)SC(=C1SC3=C(SCCS3)S1)S2. The lowest BCUT2D eigenvalue weighted by Gasteiger charge is -2.16. The molecule has 0 saturated carbocycles. The van der Waals surface area contributed by atoms with Gasteiger partial charge < -0.3 is 9.47 Å². The van der Waals surface area contributed by atoms with E-state index < -0.39 is 0 Å². The average Bonchev–Trinajstić information content (AvgIpc) is 3.77. The van der Waals surface area contributed by atoms with Gasteiger partial charge in [0.2, 0.25) is 0 Å². The maximum Gasteiger partial charge on any atom is 0.310 e. The molecule has 0 amide bonds. The molecule has 0 radical (unpaired) electrons. The lowest BCUT2D eigenvalue weighted by molar-refractivity contribution is -0.135. The Bertz CT molecular complexity index is 1290. The first-order valence-electron chi connectivity index (χ1n) is 12.1. The third kappa shape index (κ3) is 5.85. The number of thioether (sulfide) groups is 12. The molecule has 40 heavy (non-hydrogen) atoms. The van der Waals surface area contributed by atoms with Crippen LogP contribution in [-0.4, -0.2) is 35.0 Å². The molecule has 1 aromatic rings. The Morgan fingerprint density at radius 3 is 1.02 bits per heavy atom. The van der Waals surface area contributed by atoms with Crippen LogP contribution in [0.5, 0.6) is 11.5 Å². The molecule has 0 aliphatic carbocycles. The second kappa shape index (κ2) is 13.0. The van der Waals surface area contributed by atoms with Gasteiger partial charge in [0.15, 0.2) is 11.5 Å². The summed E-state index contributed by atoms with van der Waals surface area (Å²) in [6.45, 7) is 3.64. The Hall–Kier alpha value is 1.32. The van der Waals surface area contributed by atoms with Gasteiger partial charge >= 0.3 is 11.9 Å². The summed E-state index contributed by atoms with van der Waals surface area (Å²) in [5.41, 5.74) is 0. The molecule has 0 saturated heterocycles. The molecule has 4 nitrogen and oxygen atoms in total. The van der Waals surface area contributed by atoms with E-state index in [0.29, 0.717) is 24.3 Å². The molecule has 0 fully saturated rings. The monoisotopic (exact) mass is 754 g/mol. The largest absolute Gasteiger partial charge is 0.424 e. The standard InChI is InChI=1S/C24H18O4S12/c1-3-9(25)27-11-13-15(35-21(33-13)23-37-17-18(38-23)30-6-5-29-17)12(28-10(26)4-2)16-14(11)34-22(36-16)24-39-19-20(40-24)32-8-7-31-19/h3-8H2,1-2H3. The Balaban J connectivity index is 1.30. The topological polar surface area (TPSA) is 52.6 Å². The predicted molar refractivity (Wildman–Crippen MR) is 190 cm³/mol. The maximum atomic E-state index is 12.7. The minimum absolute atomic E-state index is 0.259. The number of carbonyl (C=O) groups is 2. The highest BCUT2D eigenvalue weighted by Crippen LogP contribution is 2.73. The number of carbonyl (C=O) groups excluding carboxylic acids is 2. The lowest BCUT2D eigenvalue weighted by Crippen LogP contribution is -2.10. The van der Waals surface area contributed by atoms with Gasteiger partial charge in [-0.25, -0.2) is 0 Å². The van der Waals surface area contributed by atoms with Gasteiger partial charge in [0.05, 0.1) is 53.5 Å². The molecule has 0 N–H and O–H groups in total. The molecule has 0 bridgehead atoms. The Morgan fingerprint density at radius 2 is 0.750 bits per heavy atom. The smallest absolute Gasteiger partial charge is 0.310 e. The van der Waals surface area contributed by atoms with Crippen LogP contribution in [0.2, 0.25) is 0 Å².